The number of amidine groups is 1. The molecule has 1 saturated carbocycles. The van der Waals surface area contributed by atoms with Crippen molar-refractivity contribution in [1.29, 1.82) is 5.41 Å². The molecule has 6 nitrogen and oxygen atoms in total. The maximum atomic E-state index is 10.9. The summed E-state index contributed by atoms with van der Waals surface area (Å²) in [4.78, 5) is 12.0. The van der Waals surface area contributed by atoms with Gasteiger partial charge in [-0.3, -0.25) is 15.5 Å². The van der Waals surface area contributed by atoms with Gasteiger partial charge in [0.25, 0.3) is 5.69 Å². The normalized spacial score (nSPS) is 15.9. The average molecular weight is 306 g/mol. The van der Waals surface area contributed by atoms with Gasteiger partial charge in [-0.15, -0.1) is 0 Å². The van der Waals surface area contributed by atoms with E-state index < -0.39 is 4.92 Å². The zero-order valence-electron chi connectivity index (χ0n) is 11.8. The van der Waals surface area contributed by atoms with Gasteiger partial charge >= 0.3 is 0 Å². The fourth-order valence-electron chi connectivity index (χ4n) is 2.59. The van der Waals surface area contributed by atoms with Gasteiger partial charge in [0.2, 0.25) is 0 Å². The van der Waals surface area contributed by atoms with Crippen molar-refractivity contribution in [3.63, 3.8) is 0 Å². The lowest BCUT2D eigenvalue weighted by atomic mass is 9.72. The van der Waals surface area contributed by atoms with Crippen LogP contribution in [-0.2, 0) is 0 Å². The first-order valence-corrected chi connectivity index (χ1v) is 7.18. The van der Waals surface area contributed by atoms with Crippen LogP contribution in [0.1, 0.15) is 30.7 Å². The summed E-state index contributed by atoms with van der Waals surface area (Å²) in [5.41, 5.74) is 6.42. The van der Waals surface area contributed by atoms with Gasteiger partial charge < -0.3 is 10.6 Å². The maximum absolute atomic E-state index is 10.9. The van der Waals surface area contributed by atoms with Crippen LogP contribution in [0.3, 0.4) is 0 Å². The second-order valence-corrected chi connectivity index (χ2v) is 5.72. The molecule has 1 aromatic rings. The highest BCUT2D eigenvalue weighted by atomic mass is 32.1. The number of hydrogen-bond donors (Lipinski definition) is 2. The average Bonchev–Trinajstić information content (AvgIpc) is 2.40. The van der Waals surface area contributed by atoms with E-state index >= 15 is 0 Å². The largest absolute Gasteiger partial charge is 0.376 e. The number of nitrogens with two attached hydrogens (primary N) is 1. The summed E-state index contributed by atoms with van der Waals surface area (Å²) in [7, 11) is 1.66. The maximum Gasteiger partial charge on any atom is 0.269 e. The number of benzene rings is 1. The zero-order valence-corrected chi connectivity index (χ0v) is 12.6. The van der Waals surface area contributed by atoms with Gasteiger partial charge in [0.1, 0.15) is 5.84 Å². The molecule has 1 aliphatic rings. The molecule has 0 heterocycles. The summed E-state index contributed by atoms with van der Waals surface area (Å²) in [6, 6.07) is 6.50. The second-order valence-electron chi connectivity index (χ2n) is 5.30. The molecule has 2 rings (SSSR count). The lowest BCUT2D eigenvalue weighted by Crippen LogP contribution is -2.42. The Morgan fingerprint density at radius 1 is 1.57 bits per heavy atom. The fourth-order valence-corrected chi connectivity index (χ4v) is 2.68. The molecule has 0 spiro atoms. The highest BCUT2D eigenvalue weighted by molar-refractivity contribution is 7.80. The number of non-ortho nitro benzene ring substituents is 1. The summed E-state index contributed by atoms with van der Waals surface area (Å²) < 4.78 is 0. The minimum Gasteiger partial charge on any atom is -0.376 e. The number of thiocarbonyl (C=S) groups is 1. The Morgan fingerprint density at radius 3 is 2.71 bits per heavy atom. The van der Waals surface area contributed by atoms with Crippen LogP contribution in [-0.4, -0.2) is 27.8 Å². The van der Waals surface area contributed by atoms with E-state index in [9.17, 15) is 10.1 Å². The van der Waals surface area contributed by atoms with Crippen LogP contribution in [0.5, 0.6) is 0 Å². The number of nitro benzene ring substituents is 1. The molecule has 1 fully saturated rings. The van der Waals surface area contributed by atoms with E-state index in [0.717, 1.165) is 24.8 Å². The van der Waals surface area contributed by atoms with Crippen molar-refractivity contribution in [2.24, 2.45) is 11.7 Å². The molecule has 7 heteroatoms. The van der Waals surface area contributed by atoms with Gasteiger partial charge in [-0.25, -0.2) is 0 Å². The Labute approximate surface area is 128 Å². The van der Waals surface area contributed by atoms with E-state index in [1.807, 2.05) is 6.07 Å². The third-order valence-corrected chi connectivity index (χ3v) is 4.32. The lowest BCUT2D eigenvalue weighted by Gasteiger charge is -2.36. The molecular formula is C14H18N4O2S. The van der Waals surface area contributed by atoms with Gasteiger partial charge in [-0.2, -0.15) is 0 Å². The number of likely N-dealkylation sites (N-methyl/N-ethyl adjacent to an activating group) is 1. The quantitative estimate of drug-likeness (QED) is 0.293. The van der Waals surface area contributed by atoms with E-state index in [2.05, 4.69) is 0 Å². The number of nitrogens with one attached hydrogen (secondary N) is 1. The molecule has 112 valence electrons. The van der Waals surface area contributed by atoms with Crippen molar-refractivity contribution in [3.05, 3.63) is 39.9 Å². The summed E-state index contributed by atoms with van der Waals surface area (Å²) in [5, 5.41) is 19.4. The van der Waals surface area contributed by atoms with E-state index in [0.29, 0.717) is 11.8 Å². The summed E-state index contributed by atoms with van der Waals surface area (Å²) >= 11 is 4.93. The number of hydrogen-bond acceptors (Lipinski definition) is 4. The summed E-state index contributed by atoms with van der Waals surface area (Å²) in [6.07, 6.45) is 3.15. The third-order valence-electron chi connectivity index (χ3n) is 4.05. The molecule has 1 aromatic carbocycles. The fraction of sp³-hybridized carbons (Fsp3) is 0.429. The van der Waals surface area contributed by atoms with Crippen molar-refractivity contribution in [1.82, 2.24) is 4.90 Å². The molecule has 0 aliphatic heterocycles. The summed E-state index contributed by atoms with van der Waals surface area (Å²) in [5.74, 6) is 0.411. The van der Waals surface area contributed by atoms with Crippen LogP contribution in [0.4, 0.5) is 5.69 Å². The molecule has 0 saturated heterocycles. The molecule has 0 radical (unpaired) electrons. The Kier molecular flexibility index (Phi) is 4.52. The van der Waals surface area contributed by atoms with Crippen molar-refractivity contribution in [2.45, 2.75) is 25.2 Å². The molecule has 1 aliphatic carbocycles. The lowest BCUT2D eigenvalue weighted by molar-refractivity contribution is -0.384. The minimum absolute atomic E-state index is 0.0441. The van der Waals surface area contributed by atoms with Crippen molar-refractivity contribution >= 4 is 28.9 Å². The third kappa shape index (κ3) is 3.18. The van der Waals surface area contributed by atoms with Crippen LogP contribution in [0.25, 0.3) is 0 Å². The van der Waals surface area contributed by atoms with Crippen LogP contribution in [0.15, 0.2) is 24.3 Å². The first kappa shape index (κ1) is 15.4. The van der Waals surface area contributed by atoms with Gasteiger partial charge in [-0.1, -0.05) is 18.6 Å². The number of nitrogens with zero attached hydrogens (tertiary/aromatic N) is 2. The highest BCUT2D eigenvalue weighted by Crippen LogP contribution is 2.41. The predicted octanol–water partition coefficient (Wildman–Crippen LogP) is 2.63. The predicted molar refractivity (Wildman–Crippen MR) is 85.5 cm³/mol. The van der Waals surface area contributed by atoms with Gasteiger partial charge in [0, 0.05) is 25.1 Å². The topological polar surface area (TPSA) is 96.2 Å². The molecule has 1 atom stereocenters. The Hall–Kier alpha value is -2.02. The van der Waals surface area contributed by atoms with Crippen LogP contribution >= 0.6 is 12.2 Å². The molecular weight excluding hydrogens is 288 g/mol. The van der Waals surface area contributed by atoms with Gasteiger partial charge in [0.05, 0.1) is 4.92 Å². The molecule has 1 unspecified atom stereocenters. The smallest absolute Gasteiger partial charge is 0.269 e. The van der Waals surface area contributed by atoms with Crippen molar-refractivity contribution in [3.8, 4) is 0 Å². The first-order valence-electron chi connectivity index (χ1n) is 6.77. The summed E-state index contributed by atoms with van der Waals surface area (Å²) in [6.45, 7) is 0. The molecule has 0 amide bonds. The Bertz CT molecular complexity index is 586. The second kappa shape index (κ2) is 6.17. The minimum atomic E-state index is -0.414. The standard InChI is InChI=1S/C14H18N4O2S/c1-17(14(16)21)13(15)12(9-4-2-5-9)10-6-3-7-11(8-10)18(19)20/h3,6-9,12,15H,2,4-5H2,1H3,(H2,16,21). The van der Waals surface area contributed by atoms with E-state index in [4.69, 9.17) is 23.4 Å². The van der Waals surface area contributed by atoms with Crippen molar-refractivity contribution in [2.75, 3.05) is 7.05 Å². The Morgan fingerprint density at radius 2 is 2.24 bits per heavy atom. The molecule has 3 N–H and O–H groups in total. The van der Waals surface area contributed by atoms with Crippen LogP contribution in [0, 0.1) is 21.4 Å². The monoisotopic (exact) mass is 306 g/mol. The van der Waals surface area contributed by atoms with E-state index in [-0.39, 0.29) is 16.7 Å². The number of rotatable bonds is 4. The van der Waals surface area contributed by atoms with Gasteiger partial charge in [0.15, 0.2) is 5.11 Å². The first-order chi connectivity index (χ1) is 9.91. The van der Waals surface area contributed by atoms with Crippen molar-refractivity contribution < 1.29 is 4.92 Å². The molecule has 0 aromatic heterocycles. The molecule has 0 bridgehead atoms. The Balaban J connectivity index is 2.36. The van der Waals surface area contributed by atoms with E-state index in [1.165, 1.54) is 11.0 Å². The van der Waals surface area contributed by atoms with Crippen LogP contribution < -0.4 is 5.73 Å². The molecule has 21 heavy (non-hydrogen) atoms. The van der Waals surface area contributed by atoms with Crippen LogP contribution in [0.2, 0.25) is 0 Å². The van der Waals surface area contributed by atoms with Gasteiger partial charge in [-0.05, 0) is 36.5 Å². The SMILES string of the molecule is CN(C(=N)C(c1cccc([N+](=O)[O-])c1)C1CCC1)C(N)=S. The number of nitro groups is 1. The highest BCUT2D eigenvalue weighted by Gasteiger charge is 2.34. The zero-order chi connectivity index (χ0) is 15.6. The van der Waals surface area contributed by atoms with E-state index in [1.54, 1.807) is 19.2 Å².